The van der Waals surface area contributed by atoms with E-state index in [0.717, 1.165) is 56.1 Å². The molecule has 2 heterocycles. The third kappa shape index (κ3) is 15.3. The van der Waals surface area contributed by atoms with Gasteiger partial charge in [0.2, 0.25) is 0 Å². The van der Waals surface area contributed by atoms with Gasteiger partial charge in [-0.1, -0.05) is 380 Å². The summed E-state index contributed by atoms with van der Waals surface area (Å²) in [5.41, 5.74) is 40.5. The molecule has 4 nitrogen and oxygen atoms in total. The second kappa shape index (κ2) is 31.0. The normalized spacial score (nSPS) is 12.6. The largest absolute Gasteiger partial charge is 0.456 e. The number of aryl methyl sites for hydroxylation is 3. The highest BCUT2D eigenvalue weighted by Crippen LogP contribution is 2.63. The lowest BCUT2D eigenvalue weighted by Crippen LogP contribution is -2.25. The van der Waals surface area contributed by atoms with Crippen LogP contribution in [0.4, 0.5) is 0 Å². The number of fused-ring (bicyclic) bond motifs is 13. The van der Waals surface area contributed by atoms with Crippen LogP contribution in [-0.2, 0) is 27.1 Å². The standard InChI is InChI=1S/C60H64.C37H22O.C18H17N3/c1-14-54-55(43-24-32-53(33-25-43)60(11,12)13)38-49(42-22-30-52(31-23-42)59(8,9)10)39-56(54)45-17-15-16-44(34-45)48-36-46(40-18-26-50(27-19-40)57(2,3)4)35-47(37-48)41-20-28-51(29-21-41)58(5,6)7;1-5-13-31-25(9-1)26-10-2-6-14-32(26)37(31)33-15-7-3-11-27(33)29-21-23(17-19-34(29)37)24-18-20-36-30(22-24)28-12-4-8-16-35(28)38-36;1-12-4-8-15(9-5-12)17-19-14(3)20-18(21-17)16-10-6-13(2)7-11-16/h14-39H,1H2,2-13H3;1-22H;4-11H,1-3H3. The van der Waals surface area contributed by atoms with E-state index in [1.165, 1.54) is 156 Å². The van der Waals surface area contributed by atoms with Gasteiger partial charge in [-0.2, -0.15) is 0 Å². The fourth-order valence-electron chi connectivity index (χ4n) is 17.5. The molecule has 2 aromatic heterocycles. The molecule has 1 spiro atoms. The van der Waals surface area contributed by atoms with Crippen molar-refractivity contribution in [1.29, 1.82) is 0 Å². The van der Waals surface area contributed by atoms with E-state index in [1.807, 2.05) is 49.4 Å². The predicted molar refractivity (Wildman–Crippen MR) is 504 cm³/mol. The molecule has 17 aromatic rings. The smallest absolute Gasteiger partial charge is 0.163 e. The zero-order chi connectivity index (χ0) is 82.9. The van der Waals surface area contributed by atoms with Crippen LogP contribution in [-0.4, -0.2) is 15.0 Å². The van der Waals surface area contributed by atoms with Crippen LogP contribution in [0.1, 0.15) is 150 Å². The highest BCUT2D eigenvalue weighted by molar-refractivity contribution is 6.07. The Morgan fingerprint density at radius 3 is 1.04 bits per heavy atom. The second-order valence-corrected chi connectivity index (χ2v) is 36.6. The van der Waals surface area contributed by atoms with Crippen molar-refractivity contribution in [2.45, 2.75) is 131 Å². The van der Waals surface area contributed by atoms with Gasteiger partial charge in [0.15, 0.2) is 11.6 Å². The van der Waals surface area contributed by atoms with Gasteiger partial charge in [0, 0.05) is 21.9 Å². The highest BCUT2D eigenvalue weighted by atomic mass is 16.3. The van der Waals surface area contributed by atoms with Gasteiger partial charge >= 0.3 is 0 Å². The SMILES string of the molecule is C=Cc1c(-c2ccc(C(C)(C)C)cc2)cc(-c2ccc(C(C)(C)C)cc2)cc1-c1cccc(-c2cc(-c3ccc(C(C)(C)C)cc3)cc(-c3ccc(C(C)(C)C)cc3)c2)c1.Cc1ccc(-c2nc(C)nc(-c3ccc(C)cc3)n2)cc1.c1ccc2c(c1)-c1ccccc1C21c2ccccc2-c2cc(-c3ccc4oc5ccccc5c4c3)ccc21. The molecule has 584 valence electrons. The molecule has 0 unspecified atom stereocenters. The number of nitrogens with zero attached hydrogens (tertiary/aromatic N) is 3. The van der Waals surface area contributed by atoms with E-state index in [0.29, 0.717) is 0 Å². The zero-order valence-corrected chi connectivity index (χ0v) is 71.3. The summed E-state index contributed by atoms with van der Waals surface area (Å²) >= 11 is 0. The second-order valence-electron chi connectivity index (χ2n) is 36.6. The molecule has 0 aliphatic heterocycles. The Morgan fingerprint density at radius 2 is 0.580 bits per heavy atom. The van der Waals surface area contributed by atoms with Crippen molar-refractivity contribution in [2.75, 3.05) is 0 Å². The van der Waals surface area contributed by atoms with Crippen LogP contribution in [0.5, 0.6) is 0 Å². The Hall–Kier alpha value is -13.2. The summed E-state index contributed by atoms with van der Waals surface area (Å²) < 4.78 is 6.09. The first-order chi connectivity index (χ1) is 57.1. The van der Waals surface area contributed by atoms with Gasteiger partial charge in [-0.25, -0.2) is 15.0 Å². The molecular weight excluding hydrogens is 1440 g/mol. The number of para-hydroxylation sites is 1. The zero-order valence-electron chi connectivity index (χ0n) is 71.3. The molecule has 0 radical (unpaired) electrons. The Kier molecular flexibility index (Phi) is 20.4. The molecule has 2 aliphatic carbocycles. The summed E-state index contributed by atoms with van der Waals surface area (Å²) in [5, 5.41) is 2.32. The fourth-order valence-corrected chi connectivity index (χ4v) is 17.5. The molecule has 0 saturated heterocycles. The molecule has 4 heteroatoms. The van der Waals surface area contributed by atoms with Crippen molar-refractivity contribution in [2.24, 2.45) is 0 Å². The lowest BCUT2D eigenvalue weighted by atomic mass is 9.70. The van der Waals surface area contributed by atoms with E-state index >= 15 is 0 Å². The topological polar surface area (TPSA) is 51.8 Å². The third-order valence-electron chi connectivity index (χ3n) is 24.2. The van der Waals surface area contributed by atoms with E-state index in [1.54, 1.807) is 0 Å². The van der Waals surface area contributed by atoms with Gasteiger partial charge in [0.25, 0.3) is 0 Å². The van der Waals surface area contributed by atoms with Crippen LogP contribution >= 0.6 is 0 Å². The fraction of sp³-hybridized carbons (Fsp3) is 0.174. The lowest BCUT2D eigenvalue weighted by Gasteiger charge is -2.30. The summed E-state index contributed by atoms with van der Waals surface area (Å²) in [7, 11) is 0. The molecule has 2 aliphatic rings. The maximum absolute atomic E-state index is 6.09. The predicted octanol–water partition coefficient (Wildman–Crippen LogP) is 31.2. The van der Waals surface area contributed by atoms with Gasteiger partial charge in [0.1, 0.15) is 17.0 Å². The first kappa shape index (κ1) is 78.4. The van der Waals surface area contributed by atoms with Crippen LogP contribution in [0.25, 0.3) is 151 Å². The average Bonchev–Trinajstić information content (AvgIpc) is 1.51. The van der Waals surface area contributed by atoms with E-state index in [-0.39, 0.29) is 27.1 Å². The number of aromatic nitrogens is 3. The number of furan rings is 1. The molecule has 15 aromatic carbocycles. The Labute approximate surface area is 703 Å². The van der Waals surface area contributed by atoms with Crippen molar-refractivity contribution >= 4 is 28.0 Å². The molecule has 19 rings (SSSR count). The summed E-state index contributed by atoms with van der Waals surface area (Å²) in [6.45, 7) is 37.7. The molecular formula is C115H103N3O. The summed E-state index contributed by atoms with van der Waals surface area (Å²) in [6.07, 6.45) is 2.04. The van der Waals surface area contributed by atoms with Gasteiger partial charge in [-0.15, -0.1) is 0 Å². The van der Waals surface area contributed by atoms with Crippen LogP contribution in [0.15, 0.2) is 345 Å². The number of rotatable bonds is 10. The van der Waals surface area contributed by atoms with E-state index in [9.17, 15) is 0 Å². The number of hydrogen-bond donors (Lipinski definition) is 0. The quantitative estimate of drug-likeness (QED) is 0.137. The monoisotopic (exact) mass is 1540 g/mol. The van der Waals surface area contributed by atoms with Crippen molar-refractivity contribution < 1.29 is 4.42 Å². The van der Waals surface area contributed by atoms with Crippen molar-refractivity contribution in [3.8, 4) is 123 Å². The van der Waals surface area contributed by atoms with E-state index < -0.39 is 0 Å². The molecule has 0 amide bonds. The highest BCUT2D eigenvalue weighted by Gasteiger charge is 2.51. The molecule has 119 heavy (non-hydrogen) atoms. The lowest BCUT2D eigenvalue weighted by molar-refractivity contribution is 0.590. The summed E-state index contributed by atoms with van der Waals surface area (Å²) in [4.78, 5) is 13.5. The minimum atomic E-state index is -0.289. The molecule has 0 N–H and O–H groups in total. The maximum Gasteiger partial charge on any atom is 0.163 e. The van der Waals surface area contributed by atoms with E-state index in [2.05, 4.69) is 416 Å². The minimum Gasteiger partial charge on any atom is -0.456 e. The van der Waals surface area contributed by atoms with Crippen LogP contribution in [0.3, 0.4) is 0 Å². The Balaban J connectivity index is 0.000000144. The first-order valence-corrected chi connectivity index (χ1v) is 41.9. The van der Waals surface area contributed by atoms with Crippen LogP contribution in [0.2, 0.25) is 0 Å². The number of hydrogen-bond acceptors (Lipinski definition) is 4. The van der Waals surface area contributed by atoms with Crippen LogP contribution < -0.4 is 0 Å². The summed E-state index contributed by atoms with van der Waals surface area (Å²) in [6, 6.07) is 123. The van der Waals surface area contributed by atoms with E-state index in [4.69, 9.17) is 4.42 Å². The van der Waals surface area contributed by atoms with Gasteiger partial charge in [-0.3, -0.25) is 0 Å². The van der Waals surface area contributed by atoms with Gasteiger partial charge in [-0.05, 0) is 253 Å². The average molecular weight is 1540 g/mol. The van der Waals surface area contributed by atoms with Crippen molar-refractivity contribution in [3.05, 3.63) is 407 Å². The molecule has 0 atom stereocenters. The van der Waals surface area contributed by atoms with Crippen molar-refractivity contribution in [3.63, 3.8) is 0 Å². The number of benzene rings is 15. The summed E-state index contributed by atoms with van der Waals surface area (Å²) in [5.74, 6) is 2.17. The van der Waals surface area contributed by atoms with Crippen molar-refractivity contribution in [1.82, 2.24) is 15.0 Å². The molecule has 0 fully saturated rings. The third-order valence-corrected chi connectivity index (χ3v) is 24.2. The molecule has 0 saturated carbocycles. The Morgan fingerprint density at radius 1 is 0.252 bits per heavy atom. The molecule has 0 bridgehead atoms. The van der Waals surface area contributed by atoms with Crippen LogP contribution in [0, 0.1) is 20.8 Å². The Bertz CT molecular complexity index is 6500. The first-order valence-electron chi connectivity index (χ1n) is 41.9. The van der Waals surface area contributed by atoms with Gasteiger partial charge in [0.05, 0.1) is 5.41 Å². The maximum atomic E-state index is 6.09. The van der Waals surface area contributed by atoms with Gasteiger partial charge < -0.3 is 4.42 Å². The minimum absolute atomic E-state index is 0.0744.